The average Bonchev–Trinajstić information content (AvgIpc) is 2.53. The molecule has 21 heavy (non-hydrogen) atoms. The van der Waals surface area contributed by atoms with E-state index in [1.165, 1.54) is 6.08 Å². The first-order valence-electron chi connectivity index (χ1n) is 6.40. The maximum absolute atomic E-state index is 11.7. The van der Waals surface area contributed by atoms with Gasteiger partial charge in [-0.05, 0) is 35.9 Å². The van der Waals surface area contributed by atoms with Crippen molar-refractivity contribution >= 4 is 23.6 Å². The summed E-state index contributed by atoms with van der Waals surface area (Å²) in [6.07, 6.45) is 6.34. The largest absolute Gasteiger partial charge is 0.355 e. The Bertz CT molecular complexity index is 649. The minimum Gasteiger partial charge on any atom is -0.355 e. The summed E-state index contributed by atoms with van der Waals surface area (Å²) < 4.78 is 0. The third-order valence-corrected chi connectivity index (χ3v) is 2.77. The van der Waals surface area contributed by atoms with E-state index in [1.54, 1.807) is 61.9 Å². The number of amides is 2. The van der Waals surface area contributed by atoms with E-state index in [0.29, 0.717) is 11.3 Å². The topological polar surface area (TPSA) is 71.1 Å². The van der Waals surface area contributed by atoms with E-state index in [2.05, 4.69) is 15.6 Å². The normalized spacial score (nSPS) is 10.3. The van der Waals surface area contributed by atoms with Crippen LogP contribution in [0.4, 0.5) is 5.69 Å². The summed E-state index contributed by atoms with van der Waals surface area (Å²) in [4.78, 5) is 27.0. The zero-order valence-corrected chi connectivity index (χ0v) is 11.5. The Balaban J connectivity index is 1.97. The minimum absolute atomic E-state index is 0.138. The predicted octanol–water partition coefficient (Wildman–Crippen LogP) is 2.09. The molecule has 0 aliphatic carbocycles. The molecule has 0 saturated carbocycles. The summed E-state index contributed by atoms with van der Waals surface area (Å²) in [5, 5.41) is 5.27. The third kappa shape index (κ3) is 4.28. The molecule has 0 bridgehead atoms. The molecular weight excluding hydrogens is 266 g/mol. The number of rotatable bonds is 4. The summed E-state index contributed by atoms with van der Waals surface area (Å²) in [5.41, 5.74) is 2.11. The van der Waals surface area contributed by atoms with Crippen molar-refractivity contribution in [3.8, 4) is 0 Å². The summed E-state index contributed by atoms with van der Waals surface area (Å²) in [6.45, 7) is 0. The van der Waals surface area contributed by atoms with Crippen LogP contribution in [0.2, 0.25) is 0 Å². The molecule has 2 amide bonds. The maximum atomic E-state index is 11.7. The highest BCUT2D eigenvalue weighted by Crippen LogP contribution is 2.07. The van der Waals surface area contributed by atoms with Gasteiger partial charge >= 0.3 is 0 Å². The van der Waals surface area contributed by atoms with Crippen molar-refractivity contribution < 1.29 is 9.59 Å². The van der Waals surface area contributed by atoms with E-state index in [1.807, 2.05) is 0 Å². The number of hydrogen-bond donors (Lipinski definition) is 2. The van der Waals surface area contributed by atoms with Gasteiger partial charge in [0, 0.05) is 36.8 Å². The van der Waals surface area contributed by atoms with E-state index in [9.17, 15) is 9.59 Å². The molecule has 1 aromatic carbocycles. The van der Waals surface area contributed by atoms with Crippen LogP contribution < -0.4 is 10.6 Å². The molecule has 0 fully saturated rings. The highest BCUT2D eigenvalue weighted by molar-refractivity contribution is 6.02. The van der Waals surface area contributed by atoms with Crippen LogP contribution in [-0.2, 0) is 4.79 Å². The lowest BCUT2D eigenvalue weighted by molar-refractivity contribution is -0.111. The SMILES string of the molecule is CNC(=O)c1ccc(C=CC(=O)Nc2ccncc2)cc1. The molecular formula is C16H15N3O2. The molecule has 5 nitrogen and oxygen atoms in total. The van der Waals surface area contributed by atoms with Gasteiger partial charge in [-0.2, -0.15) is 0 Å². The van der Waals surface area contributed by atoms with Crippen molar-refractivity contribution in [2.24, 2.45) is 0 Å². The van der Waals surface area contributed by atoms with Gasteiger partial charge in [0.05, 0.1) is 0 Å². The second kappa shape index (κ2) is 7.00. The number of benzene rings is 1. The van der Waals surface area contributed by atoms with Gasteiger partial charge < -0.3 is 10.6 Å². The molecule has 1 aromatic heterocycles. The van der Waals surface area contributed by atoms with Crippen LogP contribution in [0.5, 0.6) is 0 Å². The summed E-state index contributed by atoms with van der Waals surface area (Å²) in [5.74, 6) is -0.363. The maximum Gasteiger partial charge on any atom is 0.251 e. The molecule has 1 heterocycles. The molecule has 0 radical (unpaired) electrons. The van der Waals surface area contributed by atoms with Gasteiger partial charge in [-0.3, -0.25) is 14.6 Å². The molecule has 0 unspecified atom stereocenters. The zero-order chi connectivity index (χ0) is 15.1. The molecule has 0 saturated heterocycles. The average molecular weight is 281 g/mol. The van der Waals surface area contributed by atoms with Crippen molar-refractivity contribution in [2.45, 2.75) is 0 Å². The molecule has 2 rings (SSSR count). The van der Waals surface area contributed by atoms with Crippen LogP contribution in [0.15, 0.2) is 54.9 Å². The van der Waals surface area contributed by atoms with E-state index in [0.717, 1.165) is 5.56 Å². The Morgan fingerprint density at radius 1 is 1.05 bits per heavy atom. The molecule has 0 aliphatic heterocycles. The van der Waals surface area contributed by atoms with Crippen molar-refractivity contribution in [1.29, 1.82) is 0 Å². The first kappa shape index (κ1) is 14.5. The van der Waals surface area contributed by atoms with Crippen LogP contribution in [0, 0.1) is 0 Å². The van der Waals surface area contributed by atoms with E-state index in [-0.39, 0.29) is 11.8 Å². The quantitative estimate of drug-likeness (QED) is 0.843. The van der Waals surface area contributed by atoms with Crippen LogP contribution in [0.1, 0.15) is 15.9 Å². The Morgan fingerprint density at radius 3 is 2.33 bits per heavy atom. The Morgan fingerprint density at radius 2 is 1.71 bits per heavy atom. The highest BCUT2D eigenvalue weighted by Gasteiger charge is 2.01. The summed E-state index contributed by atoms with van der Waals surface area (Å²) in [7, 11) is 1.58. The fourth-order valence-electron chi connectivity index (χ4n) is 1.68. The van der Waals surface area contributed by atoms with Gasteiger partial charge in [0.2, 0.25) is 5.91 Å². The lowest BCUT2D eigenvalue weighted by atomic mass is 10.1. The summed E-state index contributed by atoms with van der Waals surface area (Å²) in [6, 6.07) is 10.4. The zero-order valence-electron chi connectivity index (χ0n) is 11.5. The number of carbonyl (C=O) groups excluding carboxylic acids is 2. The number of pyridine rings is 1. The lowest BCUT2D eigenvalue weighted by Crippen LogP contribution is -2.17. The van der Waals surface area contributed by atoms with Gasteiger partial charge in [0.15, 0.2) is 0 Å². The van der Waals surface area contributed by atoms with Gasteiger partial charge in [-0.1, -0.05) is 12.1 Å². The van der Waals surface area contributed by atoms with Crippen molar-refractivity contribution in [3.63, 3.8) is 0 Å². The predicted molar refractivity (Wildman–Crippen MR) is 81.7 cm³/mol. The number of aromatic nitrogens is 1. The Kier molecular flexibility index (Phi) is 4.82. The van der Waals surface area contributed by atoms with Crippen LogP contribution in [0.25, 0.3) is 6.08 Å². The highest BCUT2D eigenvalue weighted by atomic mass is 16.2. The Labute approximate surface area is 122 Å². The van der Waals surface area contributed by atoms with E-state index < -0.39 is 0 Å². The number of nitrogens with one attached hydrogen (secondary N) is 2. The number of carbonyl (C=O) groups is 2. The van der Waals surface area contributed by atoms with E-state index in [4.69, 9.17) is 0 Å². The number of hydrogen-bond acceptors (Lipinski definition) is 3. The van der Waals surface area contributed by atoms with Gasteiger partial charge in [-0.25, -0.2) is 0 Å². The van der Waals surface area contributed by atoms with Crippen molar-refractivity contribution in [2.75, 3.05) is 12.4 Å². The monoisotopic (exact) mass is 281 g/mol. The number of nitrogens with zero attached hydrogens (tertiary/aromatic N) is 1. The minimum atomic E-state index is -0.225. The van der Waals surface area contributed by atoms with Gasteiger partial charge in [0.1, 0.15) is 0 Å². The molecule has 106 valence electrons. The van der Waals surface area contributed by atoms with Crippen LogP contribution in [0.3, 0.4) is 0 Å². The fraction of sp³-hybridized carbons (Fsp3) is 0.0625. The van der Waals surface area contributed by atoms with Crippen molar-refractivity contribution in [3.05, 3.63) is 66.0 Å². The Hall–Kier alpha value is -2.95. The molecule has 0 atom stereocenters. The van der Waals surface area contributed by atoms with Crippen LogP contribution >= 0.6 is 0 Å². The third-order valence-electron chi connectivity index (χ3n) is 2.77. The molecule has 0 spiro atoms. The first-order chi connectivity index (χ1) is 10.2. The molecule has 5 heteroatoms. The van der Waals surface area contributed by atoms with Crippen LogP contribution in [-0.4, -0.2) is 23.8 Å². The molecule has 0 aliphatic rings. The molecule has 2 aromatic rings. The van der Waals surface area contributed by atoms with E-state index >= 15 is 0 Å². The second-order valence-corrected chi connectivity index (χ2v) is 4.26. The first-order valence-corrected chi connectivity index (χ1v) is 6.40. The smallest absolute Gasteiger partial charge is 0.251 e. The lowest BCUT2D eigenvalue weighted by Gasteiger charge is -2.01. The molecule has 2 N–H and O–H groups in total. The summed E-state index contributed by atoms with van der Waals surface area (Å²) >= 11 is 0. The standard InChI is InChI=1S/C16H15N3O2/c1-17-16(21)13-5-2-12(3-6-13)4-7-15(20)19-14-8-10-18-11-9-14/h2-11H,1H3,(H,17,21)(H,18,19,20). The number of anilines is 1. The second-order valence-electron chi connectivity index (χ2n) is 4.26. The van der Waals surface area contributed by atoms with Crippen molar-refractivity contribution in [1.82, 2.24) is 10.3 Å². The van der Waals surface area contributed by atoms with Gasteiger partial charge in [-0.15, -0.1) is 0 Å². The van der Waals surface area contributed by atoms with Gasteiger partial charge in [0.25, 0.3) is 5.91 Å². The fourth-order valence-corrected chi connectivity index (χ4v) is 1.68.